The van der Waals surface area contributed by atoms with Crippen LogP contribution in [0.1, 0.15) is 44.5 Å². The van der Waals surface area contributed by atoms with Crippen molar-refractivity contribution < 1.29 is 0 Å². The third-order valence-electron chi connectivity index (χ3n) is 7.71. The lowest BCUT2D eigenvalue weighted by Crippen LogP contribution is -2.23. The summed E-state index contributed by atoms with van der Waals surface area (Å²) in [5.74, 6) is 0. The van der Waals surface area contributed by atoms with Crippen molar-refractivity contribution >= 4 is 38.2 Å². The molecule has 0 unspecified atom stereocenters. The Morgan fingerprint density at radius 2 is 0.744 bits per heavy atom. The maximum absolute atomic E-state index is 4.55. The standard InChI is InChI=1S/C38H31Br/c1-26-24-27(2)35(28(3)25-26)38(39)36(31-20-12-6-13-21-31)33(29-16-8-4-9-17-29)34(30-18-10-5-11-19-30)37(38)32-22-14-7-15-23-32/h4-25H,1-3H3. The summed E-state index contributed by atoms with van der Waals surface area (Å²) in [5, 5.41) is 0. The predicted molar refractivity (Wildman–Crippen MR) is 171 cm³/mol. The summed E-state index contributed by atoms with van der Waals surface area (Å²) >= 11 is 4.55. The zero-order chi connectivity index (χ0) is 27.0. The lowest BCUT2D eigenvalue weighted by atomic mass is 9.77. The van der Waals surface area contributed by atoms with Gasteiger partial charge in [-0.05, 0) is 82.0 Å². The van der Waals surface area contributed by atoms with Crippen molar-refractivity contribution in [2.45, 2.75) is 25.1 Å². The summed E-state index contributed by atoms with van der Waals surface area (Å²) in [5.41, 5.74) is 15.1. The summed E-state index contributed by atoms with van der Waals surface area (Å²) in [4.78, 5) is 0. The van der Waals surface area contributed by atoms with Crippen molar-refractivity contribution in [3.63, 3.8) is 0 Å². The molecule has 0 fully saturated rings. The van der Waals surface area contributed by atoms with Crippen LogP contribution in [0.5, 0.6) is 0 Å². The lowest BCUT2D eigenvalue weighted by Gasteiger charge is -2.34. The average molecular weight is 568 g/mol. The van der Waals surface area contributed by atoms with Crippen LogP contribution in [0.3, 0.4) is 0 Å². The summed E-state index contributed by atoms with van der Waals surface area (Å²) < 4.78 is -0.575. The predicted octanol–water partition coefficient (Wildman–Crippen LogP) is 10.4. The highest BCUT2D eigenvalue weighted by Crippen LogP contribution is 2.65. The minimum absolute atomic E-state index is 0.575. The highest BCUT2D eigenvalue weighted by molar-refractivity contribution is 9.10. The average Bonchev–Trinajstić information content (AvgIpc) is 3.23. The topological polar surface area (TPSA) is 0 Å². The minimum Gasteiger partial charge on any atom is -0.0694 e. The molecule has 0 bridgehead atoms. The van der Waals surface area contributed by atoms with Gasteiger partial charge in [0.05, 0.1) is 0 Å². The summed E-state index contributed by atoms with van der Waals surface area (Å²) in [6.45, 7) is 6.70. The van der Waals surface area contributed by atoms with Crippen molar-refractivity contribution in [1.29, 1.82) is 0 Å². The molecule has 39 heavy (non-hydrogen) atoms. The van der Waals surface area contributed by atoms with E-state index in [4.69, 9.17) is 0 Å². The molecule has 0 amide bonds. The van der Waals surface area contributed by atoms with Gasteiger partial charge in [0.2, 0.25) is 0 Å². The second-order valence-electron chi connectivity index (χ2n) is 10.4. The lowest BCUT2D eigenvalue weighted by molar-refractivity contribution is 1.02. The van der Waals surface area contributed by atoms with Crippen LogP contribution in [0.25, 0.3) is 22.3 Å². The molecule has 0 heterocycles. The molecule has 0 N–H and O–H groups in total. The zero-order valence-electron chi connectivity index (χ0n) is 22.6. The maximum atomic E-state index is 4.55. The number of hydrogen-bond donors (Lipinski definition) is 0. The first kappa shape index (κ1) is 25.3. The fourth-order valence-corrected chi connectivity index (χ4v) is 7.86. The Labute approximate surface area is 240 Å². The maximum Gasteiger partial charge on any atom is 0.103 e. The highest BCUT2D eigenvalue weighted by atomic mass is 79.9. The molecule has 0 atom stereocenters. The van der Waals surface area contributed by atoms with Crippen LogP contribution in [-0.2, 0) is 4.32 Å². The Morgan fingerprint density at radius 3 is 1.08 bits per heavy atom. The molecule has 1 heteroatoms. The molecule has 0 spiro atoms. The molecule has 0 aliphatic heterocycles. The zero-order valence-corrected chi connectivity index (χ0v) is 24.2. The molecule has 190 valence electrons. The Hall–Kier alpha value is -3.94. The van der Waals surface area contributed by atoms with Gasteiger partial charge in [-0.15, -0.1) is 0 Å². The smallest absolute Gasteiger partial charge is 0.0694 e. The summed E-state index contributed by atoms with van der Waals surface area (Å²) in [7, 11) is 0. The summed E-state index contributed by atoms with van der Waals surface area (Å²) in [6.07, 6.45) is 0. The van der Waals surface area contributed by atoms with E-state index in [1.54, 1.807) is 0 Å². The van der Waals surface area contributed by atoms with Gasteiger partial charge in [-0.2, -0.15) is 0 Å². The van der Waals surface area contributed by atoms with E-state index in [-0.39, 0.29) is 0 Å². The fraction of sp³-hybridized carbons (Fsp3) is 0.105. The van der Waals surface area contributed by atoms with E-state index in [0.717, 1.165) is 0 Å². The van der Waals surface area contributed by atoms with Gasteiger partial charge in [0.25, 0.3) is 0 Å². The third-order valence-corrected chi connectivity index (χ3v) is 8.90. The first-order valence-electron chi connectivity index (χ1n) is 13.5. The Morgan fingerprint density at radius 1 is 0.436 bits per heavy atom. The molecule has 0 saturated heterocycles. The third kappa shape index (κ3) is 4.32. The van der Waals surface area contributed by atoms with E-state index >= 15 is 0 Å². The number of halogens is 1. The van der Waals surface area contributed by atoms with Crippen LogP contribution >= 0.6 is 15.9 Å². The van der Waals surface area contributed by atoms with Crippen molar-refractivity contribution in [2.75, 3.05) is 0 Å². The Kier molecular flexibility index (Phi) is 6.71. The van der Waals surface area contributed by atoms with Crippen LogP contribution in [0.4, 0.5) is 0 Å². The molecule has 1 aliphatic rings. The van der Waals surface area contributed by atoms with E-state index in [1.165, 1.54) is 66.8 Å². The molecule has 0 radical (unpaired) electrons. The van der Waals surface area contributed by atoms with Gasteiger partial charge in [0.15, 0.2) is 0 Å². The van der Waals surface area contributed by atoms with Crippen molar-refractivity contribution in [2.24, 2.45) is 0 Å². The quantitative estimate of drug-likeness (QED) is 0.185. The SMILES string of the molecule is Cc1cc(C)c(C2(Br)C(c3ccccc3)=C(c3ccccc3)C(c3ccccc3)=C2c2ccccc2)c(C)c1. The molecular formula is C38H31Br. The molecular weight excluding hydrogens is 536 g/mol. The molecule has 0 saturated carbocycles. The van der Waals surface area contributed by atoms with E-state index < -0.39 is 4.32 Å². The summed E-state index contributed by atoms with van der Waals surface area (Å²) in [6, 6.07) is 48.2. The molecule has 0 nitrogen and oxygen atoms in total. The molecule has 0 aromatic heterocycles. The molecule has 6 rings (SSSR count). The van der Waals surface area contributed by atoms with Gasteiger partial charge in [-0.25, -0.2) is 0 Å². The van der Waals surface area contributed by atoms with Gasteiger partial charge >= 0.3 is 0 Å². The Balaban J connectivity index is 1.86. The van der Waals surface area contributed by atoms with Gasteiger partial charge in [-0.3, -0.25) is 0 Å². The second kappa shape index (κ2) is 10.3. The number of alkyl halides is 1. The van der Waals surface area contributed by atoms with E-state index in [9.17, 15) is 0 Å². The number of hydrogen-bond acceptors (Lipinski definition) is 0. The monoisotopic (exact) mass is 566 g/mol. The van der Waals surface area contributed by atoms with Gasteiger partial charge < -0.3 is 0 Å². The number of allylic oxidation sites excluding steroid dienone is 4. The largest absolute Gasteiger partial charge is 0.103 e. The van der Waals surface area contributed by atoms with E-state index in [0.29, 0.717) is 0 Å². The van der Waals surface area contributed by atoms with Crippen molar-refractivity contribution in [1.82, 2.24) is 0 Å². The van der Waals surface area contributed by atoms with Crippen molar-refractivity contribution in [3.05, 3.63) is 178 Å². The molecule has 1 aliphatic carbocycles. The first-order chi connectivity index (χ1) is 19.0. The van der Waals surface area contributed by atoms with E-state index in [2.05, 4.69) is 170 Å². The van der Waals surface area contributed by atoms with Crippen LogP contribution in [0.2, 0.25) is 0 Å². The van der Waals surface area contributed by atoms with Gasteiger partial charge in [0, 0.05) is 0 Å². The van der Waals surface area contributed by atoms with Crippen LogP contribution in [0, 0.1) is 20.8 Å². The number of aryl methyl sites for hydroxylation is 3. The molecule has 5 aromatic carbocycles. The van der Waals surface area contributed by atoms with Crippen LogP contribution < -0.4 is 0 Å². The molecule has 5 aromatic rings. The van der Waals surface area contributed by atoms with Gasteiger partial charge in [0.1, 0.15) is 4.32 Å². The Bertz CT molecular complexity index is 1570. The van der Waals surface area contributed by atoms with Crippen LogP contribution in [-0.4, -0.2) is 0 Å². The highest BCUT2D eigenvalue weighted by Gasteiger charge is 2.49. The normalized spacial score (nSPS) is 14.7. The number of benzene rings is 5. The van der Waals surface area contributed by atoms with Crippen molar-refractivity contribution in [3.8, 4) is 0 Å². The van der Waals surface area contributed by atoms with Crippen LogP contribution in [0.15, 0.2) is 133 Å². The van der Waals surface area contributed by atoms with E-state index in [1.807, 2.05) is 0 Å². The second-order valence-corrected chi connectivity index (χ2v) is 11.6. The fourth-order valence-electron chi connectivity index (χ4n) is 6.38. The minimum atomic E-state index is -0.575. The van der Waals surface area contributed by atoms with Gasteiger partial charge in [-0.1, -0.05) is 155 Å². The number of rotatable bonds is 5. The first-order valence-corrected chi connectivity index (χ1v) is 14.3.